The van der Waals surface area contributed by atoms with E-state index in [0.717, 1.165) is 10.6 Å². The van der Waals surface area contributed by atoms with Crippen LogP contribution < -0.4 is 25.3 Å². The van der Waals surface area contributed by atoms with Crippen LogP contribution in [-0.2, 0) is 13.1 Å². The van der Waals surface area contributed by atoms with Gasteiger partial charge in [0, 0.05) is 24.0 Å². The third-order valence-corrected chi connectivity index (χ3v) is 4.06. The van der Waals surface area contributed by atoms with Crippen LogP contribution in [0.1, 0.15) is 21.1 Å². The summed E-state index contributed by atoms with van der Waals surface area (Å²) in [4.78, 5) is 16.3. The number of carbonyl (C=O) groups excluding carboxylic acids is 1. The highest BCUT2D eigenvalue weighted by molar-refractivity contribution is 7.09. The molecule has 1 amide bonds. The molecule has 0 aliphatic heterocycles. The van der Waals surface area contributed by atoms with E-state index in [9.17, 15) is 4.79 Å². The lowest BCUT2D eigenvalue weighted by molar-refractivity contribution is 0.0946. The Balaban J connectivity index is 2.15. The molecule has 1 heterocycles. The van der Waals surface area contributed by atoms with Gasteiger partial charge in [-0.15, -0.1) is 11.3 Å². The number of nitrogens with one attached hydrogen (secondary N) is 1. The Morgan fingerprint density at radius 1 is 1.22 bits per heavy atom. The van der Waals surface area contributed by atoms with E-state index in [2.05, 4.69) is 10.3 Å². The molecule has 0 spiro atoms. The van der Waals surface area contributed by atoms with Crippen molar-refractivity contribution in [2.75, 3.05) is 21.3 Å². The fourth-order valence-electron chi connectivity index (χ4n) is 2.08. The standard InChI is InChI=1S/C15H19N3O4S/c1-20-11-5-4-9(13(21-2)14(11)22-3)7-17-15(19)10-8-23-12(6-16)18-10/h4-5,8H,6-7,16H2,1-3H3,(H,17,19). The summed E-state index contributed by atoms with van der Waals surface area (Å²) in [7, 11) is 4.62. The number of ether oxygens (including phenoxy) is 3. The number of rotatable bonds is 7. The fraction of sp³-hybridized carbons (Fsp3) is 0.333. The molecule has 2 rings (SSSR count). The first kappa shape index (κ1) is 17.0. The van der Waals surface area contributed by atoms with Gasteiger partial charge in [0.25, 0.3) is 5.91 Å². The number of hydrogen-bond acceptors (Lipinski definition) is 7. The number of amides is 1. The Morgan fingerprint density at radius 3 is 2.52 bits per heavy atom. The fourth-order valence-corrected chi connectivity index (χ4v) is 2.73. The molecule has 124 valence electrons. The normalized spacial score (nSPS) is 10.3. The number of thiazole rings is 1. The molecular formula is C15H19N3O4S. The van der Waals surface area contributed by atoms with Gasteiger partial charge in [0.05, 0.1) is 21.3 Å². The van der Waals surface area contributed by atoms with E-state index in [4.69, 9.17) is 19.9 Å². The second-order valence-electron chi connectivity index (χ2n) is 4.51. The molecule has 0 fully saturated rings. The number of nitrogens with zero attached hydrogens (tertiary/aromatic N) is 1. The minimum absolute atomic E-state index is 0.266. The van der Waals surface area contributed by atoms with E-state index < -0.39 is 0 Å². The Labute approximate surface area is 138 Å². The number of aromatic nitrogens is 1. The lowest BCUT2D eigenvalue weighted by Gasteiger charge is -2.15. The molecule has 1 aromatic heterocycles. The molecule has 1 aromatic carbocycles. The Kier molecular flexibility index (Phi) is 5.78. The summed E-state index contributed by atoms with van der Waals surface area (Å²) in [5.41, 5.74) is 6.63. The van der Waals surface area contributed by atoms with E-state index in [1.165, 1.54) is 25.6 Å². The molecule has 2 aromatic rings. The van der Waals surface area contributed by atoms with Crippen LogP contribution in [0.5, 0.6) is 17.2 Å². The van der Waals surface area contributed by atoms with E-state index in [1.807, 2.05) is 6.07 Å². The average Bonchev–Trinajstić information content (AvgIpc) is 3.07. The second kappa shape index (κ2) is 7.80. The largest absolute Gasteiger partial charge is 0.493 e. The molecule has 0 unspecified atom stereocenters. The Morgan fingerprint density at radius 2 is 1.96 bits per heavy atom. The first-order chi connectivity index (χ1) is 11.1. The lowest BCUT2D eigenvalue weighted by atomic mass is 10.1. The first-order valence-corrected chi connectivity index (χ1v) is 7.73. The van der Waals surface area contributed by atoms with Gasteiger partial charge in [-0.3, -0.25) is 4.79 Å². The Hall–Kier alpha value is -2.32. The molecule has 8 heteroatoms. The topological polar surface area (TPSA) is 95.7 Å². The molecule has 0 radical (unpaired) electrons. The summed E-state index contributed by atoms with van der Waals surface area (Å²) in [5, 5.41) is 5.21. The van der Waals surface area contributed by atoms with Gasteiger partial charge in [-0.25, -0.2) is 4.98 Å². The Bertz CT molecular complexity index is 687. The molecular weight excluding hydrogens is 318 g/mol. The van der Waals surface area contributed by atoms with Crippen molar-refractivity contribution in [2.24, 2.45) is 5.73 Å². The molecule has 0 saturated carbocycles. The highest BCUT2D eigenvalue weighted by Crippen LogP contribution is 2.39. The van der Waals surface area contributed by atoms with Crippen molar-refractivity contribution >= 4 is 17.2 Å². The van der Waals surface area contributed by atoms with Crippen LogP contribution in [0.2, 0.25) is 0 Å². The summed E-state index contributed by atoms with van der Waals surface area (Å²) in [6.45, 7) is 0.597. The van der Waals surface area contributed by atoms with Crippen molar-refractivity contribution in [1.29, 1.82) is 0 Å². The van der Waals surface area contributed by atoms with E-state index in [-0.39, 0.29) is 12.5 Å². The number of methoxy groups -OCH3 is 3. The molecule has 0 saturated heterocycles. The predicted octanol–water partition coefficient (Wildman–Crippen LogP) is 1.56. The van der Waals surface area contributed by atoms with Crippen molar-refractivity contribution < 1.29 is 19.0 Å². The second-order valence-corrected chi connectivity index (χ2v) is 5.45. The van der Waals surface area contributed by atoms with Crippen LogP contribution in [0.15, 0.2) is 17.5 Å². The van der Waals surface area contributed by atoms with Gasteiger partial charge >= 0.3 is 0 Å². The monoisotopic (exact) mass is 337 g/mol. The van der Waals surface area contributed by atoms with E-state index >= 15 is 0 Å². The van der Waals surface area contributed by atoms with Crippen LogP contribution in [0, 0.1) is 0 Å². The summed E-state index contributed by atoms with van der Waals surface area (Å²) in [6.07, 6.45) is 0. The average molecular weight is 337 g/mol. The number of nitrogens with two attached hydrogens (primary N) is 1. The van der Waals surface area contributed by atoms with Gasteiger partial charge in [-0.2, -0.15) is 0 Å². The predicted molar refractivity (Wildman–Crippen MR) is 87.3 cm³/mol. The molecule has 0 aliphatic carbocycles. The van der Waals surface area contributed by atoms with E-state index in [1.54, 1.807) is 18.6 Å². The summed E-state index contributed by atoms with van der Waals surface area (Å²) in [5.74, 6) is 1.30. The van der Waals surface area contributed by atoms with Gasteiger partial charge in [-0.05, 0) is 12.1 Å². The van der Waals surface area contributed by atoms with Crippen LogP contribution in [0.4, 0.5) is 0 Å². The van der Waals surface area contributed by atoms with Crippen LogP contribution >= 0.6 is 11.3 Å². The molecule has 0 atom stereocenters. The number of hydrogen-bond donors (Lipinski definition) is 2. The van der Waals surface area contributed by atoms with Crippen LogP contribution in [-0.4, -0.2) is 32.2 Å². The van der Waals surface area contributed by atoms with E-state index in [0.29, 0.717) is 29.5 Å². The first-order valence-electron chi connectivity index (χ1n) is 6.85. The minimum Gasteiger partial charge on any atom is -0.493 e. The zero-order valence-corrected chi connectivity index (χ0v) is 14.0. The molecule has 23 heavy (non-hydrogen) atoms. The summed E-state index contributed by atoms with van der Waals surface area (Å²) in [6, 6.07) is 3.57. The number of benzene rings is 1. The molecule has 7 nitrogen and oxygen atoms in total. The maximum absolute atomic E-state index is 12.1. The third kappa shape index (κ3) is 3.72. The highest BCUT2D eigenvalue weighted by Gasteiger charge is 2.17. The molecule has 0 aliphatic rings. The molecule has 0 bridgehead atoms. The maximum atomic E-state index is 12.1. The van der Waals surface area contributed by atoms with Gasteiger partial charge in [0.1, 0.15) is 10.7 Å². The van der Waals surface area contributed by atoms with Gasteiger partial charge in [0.2, 0.25) is 5.75 Å². The smallest absolute Gasteiger partial charge is 0.271 e. The minimum atomic E-state index is -0.266. The quantitative estimate of drug-likeness (QED) is 0.796. The van der Waals surface area contributed by atoms with Gasteiger partial charge in [0.15, 0.2) is 11.5 Å². The summed E-state index contributed by atoms with van der Waals surface area (Å²) >= 11 is 1.36. The van der Waals surface area contributed by atoms with Crippen LogP contribution in [0.3, 0.4) is 0 Å². The summed E-state index contributed by atoms with van der Waals surface area (Å²) < 4.78 is 15.9. The van der Waals surface area contributed by atoms with Crippen LogP contribution in [0.25, 0.3) is 0 Å². The van der Waals surface area contributed by atoms with Crippen molar-refractivity contribution in [3.8, 4) is 17.2 Å². The third-order valence-electron chi connectivity index (χ3n) is 3.18. The van der Waals surface area contributed by atoms with Crippen molar-refractivity contribution in [3.05, 3.63) is 33.8 Å². The van der Waals surface area contributed by atoms with Gasteiger partial charge < -0.3 is 25.3 Å². The zero-order valence-electron chi connectivity index (χ0n) is 13.2. The zero-order chi connectivity index (χ0) is 16.8. The maximum Gasteiger partial charge on any atom is 0.271 e. The van der Waals surface area contributed by atoms with Crippen molar-refractivity contribution in [2.45, 2.75) is 13.1 Å². The molecule has 3 N–H and O–H groups in total. The SMILES string of the molecule is COc1ccc(CNC(=O)c2csc(CN)n2)c(OC)c1OC. The van der Waals surface area contributed by atoms with Gasteiger partial charge in [-0.1, -0.05) is 0 Å². The van der Waals surface area contributed by atoms with Crippen molar-refractivity contribution in [1.82, 2.24) is 10.3 Å². The highest BCUT2D eigenvalue weighted by atomic mass is 32.1. The lowest BCUT2D eigenvalue weighted by Crippen LogP contribution is -2.23. The number of carbonyl (C=O) groups is 1. The van der Waals surface area contributed by atoms with Crippen molar-refractivity contribution in [3.63, 3.8) is 0 Å².